The fourth-order valence-corrected chi connectivity index (χ4v) is 4.95. The average Bonchev–Trinajstić information content (AvgIpc) is 2.72. The van der Waals surface area contributed by atoms with E-state index >= 15 is 0 Å². The zero-order chi connectivity index (χ0) is 19.1. The average molecular weight is 362 g/mol. The molecule has 25 heavy (non-hydrogen) atoms. The van der Waals surface area contributed by atoms with Gasteiger partial charge in [-0.15, -0.1) is 0 Å². The van der Waals surface area contributed by atoms with Crippen molar-refractivity contribution in [2.75, 3.05) is 0 Å². The monoisotopic (exact) mass is 362 g/mol. The van der Waals surface area contributed by atoms with Gasteiger partial charge in [0.25, 0.3) is 0 Å². The Balaban J connectivity index is 2.27. The van der Waals surface area contributed by atoms with Crippen LogP contribution < -0.4 is 5.46 Å². The van der Waals surface area contributed by atoms with Gasteiger partial charge in [0.1, 0.15) is 0 Å². The molecule has 3 nitrogen and oxygen atoms in total. The van der Waals surface area contributed by atoms with E-state index in [0.29, 0.717) is 0 Å². The van der Waals surface area contributed by atoms with Crippen molar-refractivity contribution in [3.63, 3.8) is 0 Å². The summed E-state index contributed by atoms with van der Waals surface area (Å²) in [6.45, 7) is 19.5. The predicted molar refractivity (Wildman–Crippen MR) is 109 cm³/mol. The van der Waals surface area contributed by atoms with E-state index in [1.807, 2.05) is 0 Å². The van der Waals surface area contributed by atoms with Gasteiger partial charge in [-0.2, -0.15) is 0 Å². The van der Waals surface area contributed by atoms with Crippen LogP contribution in [0.25, 0.3) is 0 Å². The molecule has 0 aromatic heterocycles. The van der Waals surface area contributed by atoms with Crippen LogP contribution in [-0.2, 0) is 19.3 Å². The van der Waals surface area contributed by atoms with Gasteiger partial charge < -0.3 is 13.7 Å². The molecule has 0 unspecified atom stereocenters. The Bertz CT molecular complexity index is 570. The highest BCUT2D eigenvalue weighted by atomic mass is 28.4. The van der Waals surface area contributed by atoms with E-state index < -0.39 is 8.32 Å². The number of benzene rings is 1. The summed E-state index contributed by atoms with van der Waals surface area (Å²) in [6.07, 6.45) is 1.95. The maximum absolute atomic E-state index is 6.62. The zero-order valence-electron chi connectivity index (χ0n) is 17.5. The molecule has 2 rings (SSSR count). The number of hydrogen-bond donors (Lipinski definition) is 0. The summed E-state index contributed by atoms with van der Waals surface area (Å²) in [6, 6.07) is 8.64. The van der Waals surface area contributed by atoms with E-state index in [0.717, 1.165) is 18.3 Å². The lowest BCUT2D eigenvalue weighted by Crippen LogP contribution is -2.41. The maximum atomic E-state index is 6.62. The van der Waals surface area contributed by atoms with Crippen molar-refractivity contribution in [2.45, 2.75) is 90.8 Å². The predicted octanol–water partition coefficient (Wildman–Crippen LogP) is 4.85. The minimum absolute atomic E-state index is 0.196. The quantitative estimate of drug-likeness (QED) is 0.677. The van der Waals surface area contributed by atoms with Crippen molar-refractivity contribution in [1.82, 2.24) is 0 Å². The van der Waals surface area contributed by atoms with Crippen LogP contribution in [0.15, 0.2) is 24.3 Å². The molecule has 5 heteroatoms. The van der Waals surface area contributed by atoms with Gasteiger partial charge in [0.15, 0.2) is 8.32 Å². The summed E-state index contributed by atoms with van der Waals surface area (Å²) in [4.78, 5) is 0. The standard InChI is InChI=1S/C20H35BO3Si/c1-10-20(11-2,24-25(7,8)9)16-12-14-17(15-13-16)21-22-18(3,4)19(5,6)23-21/h12-15H,10-11H2,1-9H3. The Hall–Kier alpha value is -0.618. The van der Waals surface area contributed by atoms with E-state index in [2.05, 4.69) is 85.4 Å². The SMILES string of the molecule is CCC(CC)(O[Si](C)(C)C)c1ccc(B2OC(C)(C)C(C)(C)O2)cc1. The van der Waals surface area contributed by atoms with Gasteiger partial charge in [-0.3, -0.25) is 0 Å². The normalized spacial score (nSPS) is 20.1. The summed E-state index contributed by atoms with van der Waals surface area (Å²) in [5, 5.41) is 0. The van der Waals surface area contributed by atoms with Crippen molar-refractivity contribution in [3.8, 4) is 0 Å². The van der Waals surface area contributed by atoms with E-state index in [4.69, 9.17) is 13.7 Å². The van der Waals surface area contributed by atoms with Gasteiger partial charge >= 0.3 is 7.12 Å². The Morgan fingerprint density at radius 1 is 0.920 bits per heavy atom. The Kier molecular flexibility index (Phi) is 5.66. The maximum Gasteiger partial charge on any atom is 0.494 e. The lowest BCUT2D eigenvalue weighted by molar-refractivity contribution is 0.00578. The largest absolute Gasteiger partial charge is 0.494 e. The van der Waals surface area contributed by atoms with Gasteiger partial charge in [0.05, 0.1) is 16.8 Å². The second kappa shape index (κ2) is 6.84. The minimum Gasteiger partial charge on any atom is -0.408 e. The van der Waals surface area contributed by atoms with Gasteiger partial charge in [0.2, 0.25) is 0 Å². The minimum atomic E-state index is -1.64. The van der Waals surface area contributed by atoms with Gasteiger partial charge in [0, 0.05) is 0 Å². The Labute approximate surface area is 155 Å². The molecule has 1 aromatic rings. The summed E-state index contributed by atoms with van der Waals surface area (Å²) >= 11 is 0. The Morgan fingerprint density at radius 2 is 1.36 bits per heavy atom. The van der Waals surface area contributed by atoms with Gasteiger partial charge in [-0.1, -0.05) is 38.1 Å². The lowest BCUT2D eigenvalue weighted by atomic mass is 9.77. The zero-order valence-corrected chi connectivity index (χ0v) is 18.5. The molecule has 1 fully saturated rings. The summed E-state index contributed by atoms with van der Waals surface area (Å²) < 4.78 is 18.9. The molecular weight excluding hydrogens is 327 g/mol. The first-order valence-corrected chi connectivity index (χ1v) is 12.9. The second-order valence-electron chi connectivity index (χ2n) is 9.13. The summed E-state index contributed by atoms with van der Waals surface area (Å²) in [5.74, 6) is 0. The molecule has 1 aliphatic rings. The summed E-state index contributed by atoms with van der Waals surface area (Å²) in [5.41, 5.74) is 1.50. The number of hydrogen-bond acceptors (Lipinski definition) is 3. The molecule has 1 heterocycles. The van der Waals surface area contributed by atoms with E-state index in [-0.39, 0.29) is 23.9 Å². The first kappa shape index (κ1) is 20.7. The highest BCUT2D eigenvalue weighted by Gasteiger charge is 2.51. The van der Waals surface area contributed by atoms with E-state index in [9.17, 15) is 0 Å². The molecule has 0 spiro atoms. The fourth-order valence-electron chi connectivity index (χ4n) is 3.37. The van der Waals surface area contributed by atoms with Crippen molar-refractivity contribution in [1.29, 1.82) is 0 Å². The second-order valence-corrected chi connectivity index (χ2v) is 13.6. The highest BCUT2D eigenvalue weighted by molar-refractivity contribution is 6.69. The number of rotatable bonds is 6. The topological polar surface area (TPSA) is 27.7 Å². The van der Waals surface area contributed by atoms with Crippen LogP contribution in [0.3, 0.4) is 0 Å². The molecule has 0 amide bonds. The third-order valence-corrected chi connectivity index (χ3v) is 6.61. The van der Waals surface area contributed by atoms with Gasteiger partial charge in [-0.05, 0) is 71.2 Å². The first-order valence-electron chi connectivity index (χ1n) is 9.52. The third-order valence-electron chi connectivity index (χ3n) is 5.61. The molecule has 0 bridgehead atoms. The Morgan fingerprint density at radius 3 is 1.72 bits per heavy atom. The molecule has 140 valence electrons. The molecule has 0 radical (unpaired) electrons. The van der Waals surface area contributed by atoms with Crippen molar-refractivity contribution in [2.24, 2.45) is 0 Å². The molecule has 1 aromatic carbocycles. The van der Waals surface area contributed by atoms with Crippen LogP contribution in [0.2, 0.25) is 19.6 Å². The van der Waals surface area contributed by atoms with Crippen LogP contribution in [0, 0.1) is 0 Å². The van der Waals surface area contributed by atoms with Crippen LogP contribution in [-0.4, -0.2) is 26.6 Å². The van der Waals surface area contributed by atoms with Crippen molar-refractivity contribution in [3.05, 3.63) is 29.8 Å². The molecule has 1 saturated heterocycles. The van der Waals surface area contributed by atoms with Crippen molar-refractivity contribution >= 4 is 20.9 Å². The summed E-state index contributed by atoms with van der Waals surface area (Å²) in [7, 11) is -1.95. The van der Waals surface area contributed by atoms with Crippen LogP contribution in [0.1, 0.15) is 59.9 Å². The fraction of sp³-hybridized carbons (Fsp3) is 0.700. The van der Waals surface area contributed by atoms with E-state index in [1.165, 1.54) is 5.56 Å². The smallest absolute Gasteiger partial charge is 0.408 e. The lowest BCUT2D eigenvalue weighted by Gasteiger charge is -2.38. The van der Waals surface area contributed by atoms with Crippen LogP contribution >= 0.6 is 0 Å². The third kappa shape index (κ3) is 4.21. The van der Waals surface area contributed by atoms with Crippen molar-refractivity contribution < 1.29 is 13.7 Å². The molecule has 0 atom stereocenters. The molecular formula is C20H35BO3Si. The van der Waals surface area contributed by atoms with Crippen LogP contribution in [0.4, 0.5) is 0 Å². The molecule has 0 aliphatic carbocycles. The van der Waals surface area contributed by atoms with E-state index in [1.54, 1.807) is 0 Å². The van der Waals surface area contributed by atoms with Crippen LogP contribution in [0.5, 0.6) is 0 Å². The first-order chi connectivity index (χ1) is 11.4. The highest BCUT2D eigenvalue weighted by Crippen LogP contribution is 2.38. The molecule has 0 saturated carbocycles. The van der Waals surface area contributed by atoms with Gasteiger partial charge in [-0.25, -0.2) is 0 Å². The molecule has 1 aliphatic heterocycles. The molecule has 0 N–H and O–H groups in total.